The Labute approximate surface area is 126 Å². The Balaban J connectivity index is 2.16. The Kier molecular flexibility index (Phi) is 4.72. The second-order valence-corrected chi connectivity index (χ2v) is 4.81. The molecule has 0 fully saturated rings. The summed E-state index contributed by atoms with van der Waals surface area (Å²) < 4.78 is 5.55. The van der Waals surface area contributed by atoms with Crippen LogP contribution < -0.4 is 10.5 Å². The van der Waals surface area contributed by atoms with Crippen LogP contribution in [0.4, 0.5) is 5.69 Å². The summed E-state index contributed by atoms with van der Waals surface area (Å²) >= 11 is 5.96. The van der Waals surface area contributed by atoms with Crippen molar-refractivity contribution in [3.63, 3.8) is 0 Å². The van der Waals surface area contributed by atoms with E-state index in [1.54, 1.807) is 18.3 Å². The number of rotatable bonds is 5. The van der Waals surface area contributed by atoms with Crippen LogP contribution in [-0.2, 0) is 0 Å². The molecule has 2 aromatic rings. The number of ether oxygens (including phenoxy) is 1. The van der Waals surface area contributed by atoms with E-state index in [1.165, 1.54) is 18.2 Å². The smallest absolute Gasteiger partial charge is 0.271 e. The normalized spacial score (nSPS) is 12.0. The second-order valence-electron chi connectivity index (χ2n) is 4.41. The molecule has 0 saturated heterocycles. The lowest BCUT2D eigenvalue weighted by molar-refractivity contribution is -0.384. The third kappa shape index (κ3) is 3.68. The van der Waals surface area contributed by atoms with Crippen LogP contribution in [-0.4, -0.2) is 9.91 Å². The van der Waals surface area contributed by atoms with Gasteiger partial charge in [-0.15, -0.1) is 0 Å². The molecule has 1 aromatic carbocycles. The maximum absolute atomic E-state index is 10.6. The van der Waals surface area contributed by atoms with Gasteiger partial charge in [0.05, 0.1) is 21.8 Å². The number of benzene rings is 1. The first-order valence-corrected chi connectivity index (χ1v) is 6.72. The standard InChI is InChI=1S/C14H14ClN3O3/c1-2-12(16)13-5-4-10(8-17-13)21-14-6-3-9(18(19)20)7-11(14)15/h3-8,12H,2,16H2,1H3/t12-/m0/s1. The molecule has 1 aromatic heterocycles. The number of non-ortho nitro benzene ring substituents is 1. The third-order valence-electron chi connectivity index (χ3n) is 2.93. The highest BCUT2D eigenvalue weighted by Crippen LogP contribution is 2.32. The van der Waals surface area contributed by atoms with Crippen LogP contribution in [0, 0.1) is 10.1 Å². The summed E-state index contributed by atoms with van der Waals surface area (Å²) in [5.41, 5.74) is 6.57. The molecule has 0 aliphatic heterocycles. The van der Waals surface area contributed by atoms with Crippen molar-refractivity contribution in [1.82, 2.24) is 4.98 Å². The molecule has 0 spiro atoms. The van der Waals surface area contributed by atoms with Gasteiger partial charge >= 0.3 is 0 Å². The lowest BCUT2D eigenvalue weighted by Crippen LogP contribution is -2.10. The first kappa shape index (κ1) is 15.2. The minimum absolute atomic E-state index is 0.0882. The number of pyridine rings is 1. The first-order chi connectivity index (χ1) is 10.0. The van der Waals surface area contributed by atoms with Crippen LogP contribution in [0.15, 0.2) is 36.5 Å². The number of aromatic nitrogens is 1. The van der Waals surface area contributed by atoms with Gasteiger partial charge in [-0.2, -0.15) is 0 Å². The number of halogens is 1. The zero-order valence-corrected chi connectivity index (χ0v) is 12.1. The molecule has 0 unspecified atom stereocenters. The summed E-state index contributed by atoms with van der Waals surface area (Å²) in [6, 6.07) is 7.42. The minimum atomic E-state index is -0.516. The largest absolute Gasteiger partial charge is 0.454 e. The van der Waals surface area contributed by atoms with Gasteiger partial charge in [0.1, 0.15) is 11.5 Å². The van der Waals surface area contributed by atoms with Crippen molar-refractivity contribution < 1.29 is 9.66 Å². The van der Waals surface area contributed by atoms with E-state index in [-0.39, 0.29) is 16.8 Å². The number of nitrogens with zero attached hydrogens (tertiary/aromatic N) is 2. The number of hydrogen-bond acceptors (Lipinski definition) is 5. The van der Waals surface area contributed by atoms with E-state index >= 15 is 0 Å². The van der Waals surface area contributed by atoms with Crippen LogP contribution in [0.25, 0.3) is 0 Å². The maximum atomic E-state index is 10.6. The molecule has 0 bridgehead atoms. The molecule has 2 N–H and O–H groups in total. The highest BCUT2D eigenvalue weighted by atomic mass is 35.5. The number of nitrogens with two attached hydrogens (primary N) is 1. The lowest BCUT2D eigenvalue weighted by Gasteiger charge is -2.10. The van der Waals surface area contributed by atoms with Gasteiger partial charge < -0.3 is 10.5 Å². The van der Waals surface area contributed by atoms with Crippen LogP contribution in [0.1, 0.15) is 25.1 Å². The molecule has 0 saturated carbocycles. The Morgan fingerprint density at radius 2 is 2.19 bits per heavy atom. The number of nitro benzene ring substituents is 1. The highest BCUT2D eigenvalue weighted by molar-refractivity contribution is 6.32. The predicted octanol–water partition coefficient (Wildman–Crippen LogP) is 3.85. The molecule has 2 rings (SSSR count). The van der Waals surface area contributed by atoms with Crippen LogP contribution in [0.5, 0.6) is 11.5 Å². The van der Waals surface area contributed by atoms with Crippen molar-refractivity contribution in [2.75, 3.05) is 0 Å². The fourth-order valence-corrected chi connectivity index (χ4v) is 1.91. The zero-order chi connectivity index (χ0) is 15.4. The third-order valence-corrected chi connectivity index (χ3v) is 3.23. The second kappa shape index (κ2) is 6.51. The van der Waals surface area contributed by atoms with E-state index in [2.05, 4.69) is 4.98 Å². The average Bonchev–Trinajstić information content (AvgIpc) is 2.49. The van der Waals surface area contributed by atoms with Crippen molar-refractivity contribution >= 4 is 17.3 Å². The van der Waals surface area contributed by atoms with Gasteiger partial charge in [-0.3, -0.25) is 15.1 Å². The maximum Gasteiger partial charge on any atom is 0.271 e. The Morgan fingerprint density at radius 1 is 1.43 bits per heavy atom. The Bertz CT molecular complexity index is 646. The van der Waals surface area contributed by atoms with Crippen LogP contribution in [0.3, 0.4) is 0 Å². The summed E-state index contributed by atoms with van der Waals surface area (Å²) in [4.78, 5) is 14.3. The number of hydrogen-bond donors (Lipinski definition) is 1. The number of nitro groups is 1. The SMILES string of the molecule is CC[C@H](N)c1ccc(Oc2ccc([N+](=O)[O-])cc2Cl)cn1. The minimum Gasteiger partial charge on any atom is -0.454 e. The van der Waals surface area contributed by atoms with Gasteiger partial charge in [-0.1, -0.05) is 18.5 Å². The van der Waals surface area contributed by atoms with E-state index in [4.69, 9.17) is 22.1 Å². The first-order valence-electron chi connectivity index (χ1n) is 6.34. The highest BCUT2D eigenvalue weighted by Gasteiger charge is 2.11. The molecule has 0 amide bonds. The van der Waals surface area contributed by atoms with Crippen molar-refractivity contribution in [2.45, 2.75) is 19.4 Å². The van der Waals surface area contributed by atoms with E-state index in [0.29, 0.717) is 11.5 Å². The zero-order valence-electron chi connectivity index (χ0n) is 11.3. The van der Waals surface area contributed by atoms with Gasteiger partial charge in [0.2, 0.25) is 0 Å². The molecule has 0 radical (unpaired) electrons. The molecule has 7 heteroatoms. The fraction of sp³-hybridized carbons (Fsp3) is 0.214. The van der Waals surface area contributed by atoms with Crippen LogP contribution in [0.2, 0.25) is 5.02 Å². The summed E-state index contributed by atoms with van der Waals surface area (Å²) in [6.45, 7) is 1.98. The Morgan fingerprint density at radius 3 is 2.71 bits per heavy atom. The van der Waals surface area contributed by atoms with Crippen molar-refractivity contribution in [1.29, 1.82) is 0 Å². The fourth-order valence-electron chi connectivity index (χ4n) is 1.69. The van der Waals surface area contributed by atoms with Gasteiger partial charge in [0.25, 0.3) is 5.69 Å². The van der Waals surface area contributed by atoms with Gasteiger partial charge in [0.15, 0.2) is 0 Å². The molecule has 0 aliphatic carbocycles. The van der Waals surface area contributed by atoms with E-state index in [1.807, 2.05) is 6.92 Å². The Hall–Kier alpha value is -2.18. The van der Waals surface area contributed by atoms with Crippen molar-refractivity contribution in [3.05, 3.63) is 57.4 Å². The molecule has 1 atom stereocenters. The predicted molar refractivity (Wildman–Crippen MR) is 79.6 cm³/mol. The molecule has 110 valence electrons. The molecule has 1 heterocycles. The average molecular weight is 308 g/mol. The summed E-state index contributed by atoms with van der Waals surface area (Å²) in [6.07, 6.45) is 2.34. The van der Waals surface area contributed by atoms with Crippen molar-refractivity contribution in [2.24, 2.45) is 5.73 Å². The molecule has 21 heavy (non-hydrogen) atoms. The lowest BCUT2D eigenvalue weighted by atomic mass is 10.1. The van der Waals surface area contributed by atoms with E-state index < -0.39 is 4.92 Å². The summed E-state index contributed by atoms with van der Waals surface area (Å²) in [5.74, 6) is 0.814. The molecular formula is C14H14ClN3O3. The van der Waals surface area contributed by atoms with Crippen LogP contribution >= 0.6 is 11.6 Å². The van der Waals surface area contributed by atoms with E-state index in [9.17, 15) is 10.1 Å². The molecule has 6 nitrogen and oxygen atoms in total. The van der Waals surface area contributed by atoms with E-state index in [0.717, 1.165) is 12.1 Å². The quantitative estimate of drug-likeness (QED) is 0.669. The topological polar surface area (TPSA) is 91.3 Å². The van der Waals surface area contributed by atoms with Gasteiger partial charge in [-0.05, 0) is 24.6 Å². The summed E-state index contributed by atoms with van der Waals surface area (Å²) in [5, 5.41) is 10.8. The molecular weight excluding hydrogens is 294 g/mol. The van der Waals surface area contributed by atoms with Crippen molar-refractivity contribution in [3.8, 4) is 11.5 Å². The monoisotopic (exact) mass is 307 g/mol. The summed E-state index contributed by atoms with van der Waals surface area (Å²) in [7, 11) is 0. The molecule has 0 aliphatic rings. The van der Waals surface area contributed by atoms with Gasteiger partial charge in [0, 0.05) is 18.2 Å². The van der Waals surface area contributed by atoms with Gasteiger partial charge in [-0.25, -0.2) is 0 Å².